The van der Waals surface area contributed by atoms with Crippen LogP contribution in [0.1, 0.15) is 19.4 Å². The second kappa shape index (κ2) is 7.91. The molecule has 0 aliphatic rings. The molecule has 0 aliphatic carbocycles. The van der Waals surface area contributed by atoms with E-state index >= 15 is 0 Å². The van der Waals surface area contributed by atoms with Gasteiger partial charge in [0.2, 0.25) is 0 Å². The summed E-state index contributed by atoms with van der Waals surface area (Å²) < 4.78 is 10.4. The second-order valence-corrected chi connectivity index (χ2v) is 4.46. The summed E-state index contributed by atoms with van der Waals surface area (Å²) in [6.07, 6.45) is 0. The van der Waals surface area contributed by atoms with E-state index in [0.717, 1.165) is 16.9 Å². The van der Waals surface area contributed by atoms with Crippen LogP contribution in [0.2, 0.25) is 0 Å². The zero-order chi connectivity index (χ0) is 14.3. The van der Waals surface area contributed by atoms with Gasteiger partial charge in [-0.05, 0) is 62.9 Å². The molecule has 0 aromatic heterocycles. The average molecular weight is 298 g/mol. The van der Waals surface area contributed by atoms with Gasteiger partial charge in [-0.15, -0.1) is 0 Å². The van der Waals surface area contributed by atoms with E-state index in [1.807, 2.05) is 39.0 Å². The van der Waals surface area contributed by atoms with Gasteiger partial charge in [-0.1, -0.05) is 6.07 Å². The van der Waals surface area contributed by atoms with Gasteiger partial charge in [-0.2, -0.15) is 0 Å². The minimum absolute atomic E-state index is 0.352. The van der Waals surface area contributed by atoms with E-state index in [1.54, 1.807) is 0 Å². The Balaban J connectivity index is 2.76. The van der Waals surface area contributed by atoms with E-state index in [9.17, 15) is 0 Å². The zero-order valence-electron chi connectivity index (χ0n) is 11.3. The maximum Gasteiger partial charge on any atom is 0.261 e. The number of aryl methyl sites for hydroxylation is 1. The van der Waals surface area contributed by atoms with Crippen molar-refractivity contribution in [3.05, 3.63) is 23.8 Å². The van der Waals surface area contributed by atoms with E-state index in [4.69, 9.17) is 33.9 Å². The molecule has 2 N–H and O–H groups in total. The van der Waals surface area contributed by atoms with Crippen molar-refractivity contribution in [2.24, 2.45) is 0 Å². The number of hydrogen-bond acceptors (Lipinski definition) is 4. The largest absolute Gasteiger partial charge is 0.471 e. The molecule has 0 spiro atoms. The summed E-state index contributed by atoms with van der Waals surface area (Å²) in [5, 5.41) is 6.75. The molecule has 1 rings (SSSR count). The highest BCUT2D eigenvalue weighted by Crippen LogP contribution is 2.20. The van der Waals surface area contributed by atoms with Crippen LogP contribution in [0.15, 0.2) is 18.2 Å². The monoisotopic (exact) mass is 298 g/mol. The molecule has 104 valence electrons. The Bertz CT molecular complexity index is 464. The van der Waals surface area contributed by atoms with Crippen LogP contribution in [0.25, 0.3) is 0 Å². The van der Waals surface area contributed by atoms with Crippen molar-refractivity contribution in [1.29, 1.82) is 0 Å². The molecule has 6 heteroatoms. The second-order valence-electron chi connectivity index (χ2n) is 3.72. The number of thiocarbonyl (C=S) groups is 2. The van der Waals surface area contributed by atoms with Crippen LogP contribution in [-0.4, -0.2) is 23.6 Å². The van der Waals surface area contributed by atoms with E-state index in [2.05, 4.69) is 10.6 Å². The van der Waals surface area contributed by atoms with Gasteiger partial charge in [0, 0.05) is 11.4 Å². The van der Waals surface area contributed by atoms with Crippen molar-refractivity contribution in [1.82, 2.24) is 0 Å². The van der Waals surface area contributed by atoms with Gasteiger partial charge in [0.05, 0.1) is 13.2 Å². The SMILES string of the molecule is CCOC(=S)Nc1ccc(C)c(NC(=S)OCC)c1. The Hall–Kier alpha value is -1.40. The van der Waals surface area contributed by atoms with Crippen LogP contribution >= 0.6 is 24.4 Å². The van der Waals surface area contributed by atoms with Crippen molar-refractivity contribution >= 4 is 46.2 Å². The van der Waals surface area contributed by atoms with Gasteiger partial charge >= 0.3 is 0 Å². The maximum atomic E-state index is 5.21. The van der Waals surface area contributed by atoms with Gasteiger partial charge in [-0.25, -0.2) is 0 Å². The van der Waals surface area contributed by atoms with Crippen molar-refractivity contribution in [3.8, 4) is 0 Å². The molecule has 4 nitrogen and oxygen atoms in total. The van der Waals surface area contributed by atoms with Crippen LogP contribution in [0.3, 0.4) is 0 Å². The number of hydrogen-bond donors (Lipinski definition) is 2. The van der Waals surface area contributed by atoms with Gasteiger partial charge in [0.25, 0.3) is 10.3 Å². The van der Waals surface area contributed by atoms with E-state index in [-0.39, 0.29) is 0 Å². The predicted octanol–water partition coefficient (Wildman–Crippen LogP) is 3.46. The Kier molecular flexibility index (Phi) is 6.52. The third-order valence-electron chi connectivity index (χ3n) is 2.27. The third-order valence-corrected chi connectivity index (χ3v) is 2.71. The Morgan fingerprint density at radius 2 is 1.63 bits per heavy atom. The molecule has 0 heterocycles. The first-order chi connectivity index (χ1) is 9.06. The lowest BCUT2D eigenvalue weighted by atomic mass is 10.2. The number of benzene rings is 1. The fourth-order valence-corrected chi connectivity index (χ4v) is 1.86. The van der Waals surface area contributed by atoms with Crippen LogP contribution in [-0.2, 0) is 9.47 Å². The highest BCUT2D eigenvalue weighted by molar-refractivity contribution is 7.80. The first-order valence-electron chi connectivity index (χ1n) is 6.05. The van der Waals surface area contributed by atoms with Crippen molar-refractivity contribution in [2.75, 3.05) is 23.8 Å². The Labute approximate surface area is 124 Å². The molecule has 0 fully saturated rings. The molecule has 0 saturated carbocycles. The topological polar surface area (TPSA) is 42.5 Å². The molecular weight excluding hydrogens is 280 g/mol. The minimum atomic E-state index is 0.352. The first-order valence-corrected chi connectivity index (χ1v) is 6.86. The fourth-order valence-electron chi connectivity index (χ4n) is 1.40. The van der Waals surface area contributed by atoms with Crippen molar-refractivity contribution in [3.63, 3.8) is 0 Å². The summed E-state index contributed by atoms with van der Waals surface area (Å²) in [5.74, 6) is 0. The van der Waals surface area contributed by atoms with Crippen LogP contribution in [0.5, 0.6) is 0 Å². The molecule has 0 atom stereocenters. The number of anilines is 2. The lowest BCUT2D eigenvalue weighted by molar-refractivity contribution is 0.335. The van der Waals surface area contributed by atoms with Gasteiger partial charge < -0.3 is 20.1 Å². The smallest absolute Gasteiger partial charge is 0.261 e. The summed E-state index contributed by atoms with van der Waals surface area (Å²) in [6, 6.07) is 5.80. The zero-order valence-corrected chi connectivity index (χ0v) is 12.9. The highest BCUT2D eigenvalue weighted by atomic mass is 32.1. The summed E-state index contributed by atoms with van der Waals surface area (Å²) >= 11 is 10.1. The summed E-state index contributed by atoms with van der Waals surface area (Å²) in [6.45, 7) is 6.84. The van der Waals surface area contributed by atoms with Crippen LogP contribution in [0, 0.1) is 6.92 Å². The van der Waals surface area contributed by atoms with Gasteiger partial charge in [-0.3, -0.25) is 0 Å². The number of nitrogens with one attached hydrogen (secondary N) is 2. The quantitative estimate of drug-likeness (QED) is 0.830. The molecule has 0 bridgehead atoms. The van der Waals surface area contributed by atoms with Crippen molar-refractivity contribution < 1.29 is 9.47 Å². The number of ether oxygens (including phenoxy) is 2. The summed E-state index contributed by atoms with van der Waals surface area (Å²) in [7, 11) is 0. The fraction of sp³-hybridized carbons (Fsp3) is 0.385. The van der Waals surface area contributed by atoms with E-state index in [0.29, 0.717) is 23.6 Å². The van der Waals surface area contributed by atoms with Crippen molar-refractivity contribution in [2.45, 2.75) is 20.8 Å². The summed E-state index contributed by atoms with van der Waals surface area (Å²) in [5.41, 5.74) is 2.78. The molecule has 0 amide bonds. The third kappa shape index (κ3) is 5.40. The van der Waals surface area contributed by atoms with E-state index < -0.39 is 0 Å². The molecule has 0 unspecified atom stereocenters. The Morgan fingerprint density at radius 1 is 1.05 bits per heavy atom. The molecule has 0 saturated heterocycles. The maximum absolute atomic E-state index is 5.21. The minimum Gasteiger partial charge on any atom is -0.471 e. The van der Waals surface area contributed by atoms with Gasteiger partial charge in [0.1, 0.15) is 0 Å². The lowest BCUT2D eigenvalue weighted by Crippen LogP contribution is -2.15. The van der Waals surface area contributed by atoms with Gasteiger partial charge in [0.15, 0.2) is 0 Å². The van der Waals surface area contributed by atoms with Crippen LogP contribution < -0.4 is 10.6 Å². The summed E-state index contributed by atoms with van der Waals surface area (Å²) in [4.78, 5) is 0. The number of rotatable bonds is 4. The molecule has 1 aromatic rings. The molecular formula is C13H18N2O2S2. The lowest BCUT2D eigenvalue weighted by Gasteiger charge is -2.13. The van der Waals surface area contributed by atoms with Crippen LogP contribution in [0.4, 0.5) is 11.4 Å². The standard InChI is InChI=1S/C13H18N2O2S2/c1-4-16-12(18)14-10-7-6-9(3)11(8-10)15-13(19)17-5-2/h6-8H,4-5H2,1-3H3,(H,14,18)(H,15,19). The average Bonchev–Trinajstić information content (AvgIpc) is 2.34. The normalized spacial score (nSPS) is 9.63. The molecule has 0 aliphatic heterocycles. The van der Waals surface area contributed by atoms with E-state index in [1.165, 1.54) is 0 Å². The molecule has 1 aromatic carbocycles. The Morgan fingerprint density at radius 3 is 2.21 bits per heavy atom. The first kappa shape index (κ1) is 15.7. The predicted molar refractivity (Wildman–Crippen MR) is 86.9 cm³/mol. The molecule has 19 heavy (non-hydrogen) atoms. The molecule has 0 radical (unpaired) electrons. The highest BCUT2D eigenvalue weighted by Gasteiger charge is 2.05.